The SMILES string of the molecule is CC[C@@H]1OC(C)C[C@H]1C. The third-order valence-corrected chi connectivity index (χ3v) is 2.15. The quantitative estimate of drug-likeness (QED) is 0.526. The Labute approximate surface area is 57.4 Å². The summed E-state index contributed by atoms with van der Waals surface area (Å²) in [5, 5.41) is 0. The number of ether oxygens (including phenoxy) is 1. The highest BCUT2D eigenvalue weighted by Crippen LogP contribution is 2.27. The minimum atomic E-state index is 0.505. The molecule has 0 aromatic rings. The van der Waals surface area contributed by atoms with Crippen LogP contribution in [0.5, 0.6) is 0 Å². The number of hydrogen-bond donors (Lipinski definition) is 0. The van der Waals surface area contributed by atoms with Crippen molar-refractivity contribution < 1.29 is 4.74 Å². The van der Waals surface area contributed by atoms with Gasteiger partial charge < -0.3 is 4.74 Å². The van der Waals surface area contributed by atoms with Crippen LogP contribution in [0.25, 0.3) is 0 Å². The van der Waals surface area contributed by atoms with Gasteiger partial charge in [0.25, 0.3) is 0 Å². The predicted molar refractivity (Wildman–Crippen MR) is 38.4 cm³/mol. The maximum Gasteiger partial charge on any atom is 0.0602 e. The molecule has 1 aliphatic heterocycles. The second-order valence-corrected chi connectivity index (χ2v) is 3.11. The second kappa shape index (κ2) is 2.70. The van der Waals surface area contributed by atoms with Crippen molar-refractivity contribution in [3.05, 3.63) is 0 Å². The van der Waals surface area contributed by atoms with Gasteiger partial charge in [0, 0.05) is 0 Å². The molecule has 1 rings (SSSR count). The fourth-order valence-corrected chi connectivity index (χ4v) is 1.66. The lowest BCUT2D eigenvalue weighted by atomic mass is 10.0. The van der Waals surface area contributed by atoms with Crippen molar-refractivity contribution in [2.45, 2.75) is 45.8 Å². The molecule has 1 nitrogen and oxygen atoms in total. The first-order valence-corrected chi connectivity index (χ1v) is 3.89. The first-order valence-electron chi connectivity index (χ1n) is 3.89. The molecule has 0 spiro atoms. The van der Waals surface area contributed by atoms with Crippen molar-refractivity contribution in [3.63, 3.8) is 0 Å². The molecule has 1 unspecified atom stereocenters. The van der Waals surface area contributed by atoms with Gasteiger partial charge in [-0.2, -0.15) is 0 Å². The van der Waals surface area contributed by atoms with Crippen LogP contribution < -0.4 is 0 Å². The average Bonchev–Trinajstić information content (AvgIpc) is 2.10. The highest BCUT2D eigenvalue weighted by molar-refractivity contribution is 4.75. The lowest BCUT2D eigenvalue weighted by Crippen LogP contribution is -2.11. The topological polar surface area (TPSA) is 9.23 Å². The number of hydrogen-bond acceptors (Lipinski definition) is 1. The molecule has 0 aromatic heterocycles. The van der Waals surface area contributed by atoms with Gasteiger partial charge in [-0.05, 0) is 25.7 Å². The minimum absolute atomic E-state index is 0.505. The van der Waals surface area contributed by atoms with E-state index in [1.165, 1.54) is 12.8 Å². The lowest BCUT2D eigenvalue weighted by molar-refractivity contribution is 0.0438. The van der Waals surface area contributed by atoms with Crippen molar-refractivity contribution in [2.24, 2.45) is 5.92 Å². The van der Waals surface area contributed by atoms with Gasteiger partial charge in [0.2, 0.25) is 0 Å². The molecule has 1 heterocycles. The molecule has 1 saturated heterocycles. The third-order valence-electron chi connectivity index (χ3n) is 2.15. The Morgan fingerprint density at radius 1 is 1.44 bits per heavy atom. The smallest absolute Gasteiger partial charge is 0.0602 e. The molecule has 1 fully saturated rings. The summed E-state index contributed by atoms with van der Waals surface area (Å²) in [5.41, 5.74) is 0. The Bertz CT molecular complexity index is 90.6. The van der Waals surface area contributed by atoms with Crippen molar-refractivity contribution in [1.29, 1.82) is 0 Å². The van der Waals surface area contributed by atoms with Crippen LogP contribution in [-0.4, -0.2) is 12.2 Å². The van der Waals surface area contributed by atoms with Gasteiger partial charge >= 0.3 is 0 Å². The van der Waals surface area contributed by atoms with E-state index in [1.807, 2.05) is 0 Å². The van der Waals surface area contributed by atoms with Crippen LogP contribution in [0, 0.1) is 5.92 Å². The summed E-state index contributed by atoms with van der Waals surface area (Å²) in [6.45, 7) is 6.63. The Balaban J connectivity index is 2.38. The molecule has 0 aliphatic carbocycles. The summed E-state index contributed by atoms with van der Waals surface area (Å²) in [7, 11) is 0. The van der Waals surface area contributed by atoms with Gasteiger partial charge in [-0.1, -0.05) is 13.8 Å². The van der Waals surface area contributed by atoms with E-state index >= 15 is 0 Å². The molecule has 54 valence electrons. The highest BCUT2D eigenvalue weighted by atomic mass is 16.5. The summed E-state index contributed by atoms with van der Waals surface area (Å²) in [6.07, 6.45) is 3.47. The van der Waals surface area contributed by atoms with Crippen molar-refractivity contribution in [2.75, 3.05) is 0 Å². The lowest BCUT2D eigenvalue weighted by Gasteiger charge is -2.10. The van der Waals surface area contributed by atoms with Crippen LogP contribution in [0.1, 0.15) is 33.6 Å². The van der Waals surface area contributed by atoms with E-state index in [4.69, 9.17) is 4.74 Å². The molecular formula is C8H16O. The van der Waals surface area contributed by atoms with E-state index in [0.717, 1.165) is 5.92 Å². The Morgan fingerprint density at radius 2 is 2.11 bits per heavy atom. The fraction of sp³-hybridized carbons (Fsp3) is 1.00. The minimum Gasteiger partial charge on any atom is -0.375 e. The zero-order valence-electron chi connectivity index (χ0n) is 6.55. The van der Waals surface area contributed by atoms with Gasteiger partial charge in [0.1, 0.15) is 0 Å². The molecule has 3 atom stereocenters. The van der Waals surface area contributed by atoms with Crippen LogP contribution >= 0.6 is 0 Å². The fourth-order valence-electron chi connectivity index (χ4n) is 1.66. The normalized spacial score (nSPS) is 43.7. The average molecular weight is 128 g/mol. The molecule has 0 amide bonds. The van der Waals surface area contributed by atoms with Gasteiger partial charge in [0.15, 0.2) is 0 Å². The van der Waals surface area contributed by atoms with Crippen LogP contribution in [-0.2, 0) is 4.74 Å². The molecule has 1 aliphatic rings. The molecule has 1 heteroatoms. The summed E-state index contributed by atoms with van der Waals surface area (Å²) >= 11 is 0. The van der Waals surface area contributed by atoms with Crippen molar-refractivity contribution in [1.82, 2.24) is 0 Å². The summed E-state index contributed by atoms with van der Waals surface area (Å²) in [5.74, 6) is 0.782. The third kappa shape index (κ3) is 1.45. The van der Waals surface area contributed by atoms with Crippen molar-refractivity contribution >= 4 is 0 Å². The van der Waals surface area contributed by atoms with E-state index in [1.54, 1.807) is 0 Å². The van der Waals surface area contributed by atoms with Gasteiger partial charge in [0.05, 0.1) is 12.2 Å². The number of rotatable bonds is 1. The van der Waals surface area contributed by atoms with E-state index in [-0.39, 0.29) is 0 Å². The van der Waals surface area contributed by atoms with E-state index in [2.05, 4.69) is 20.8 Å². The monoisotopic (exact) mass is 128 g/mol. The highest BCUT2D eigenvalue weighted by Gasteiger charge is 2.27. The first kappa shape index (κ1) is 7.07. The Hall–Kier alpha value is -0.0400. The van der Waals surface area contributed by atoms with Crippen LogP contribution in [0.2, 0.25) is 0 Å². The second-order valence-electron chi connectivity index (χ2n) is 3.11. The van der Waals surface area contributed by atoms with Crippen LogP contribution in [0.4, 0.5) is 0 Å². The zero-order chi connectivity index (χ0) is 6.85. The van der Waals surface area contributed by atoms with Crippen molar-refractivity contribution in [3.8, 4) is 0 Å². The summed E-state index contributed by atoms with van der Waals surface area (Å²) in [6, 6.07) is 0. The van der Waals surface area contributed by atoms with Crippen LogP contribution in [0.3, 0.4) is 0 Å². The van der Waals surface area contributed by atoms with Crippen LogP contribution in [0.15, 0.2) is 0 Å². The zero-order valence-corrected chi connectivity index (χ0v) is 6.55. The summed E-state index contributed by atoms with van der Waals surface area (Å²) < 4.78 is 5.62. The molecule has 0 radical (unpaired) electrons. The van der Waals surface area contributed by atoms with E-state index in [0.29, 0.717) is 12.2 Å². The Kier molecular flexibility index (Phi) is 2.12. The van der Waals surface area contributed by atoms with Gasteiger partial charge in [-0.3, -0.25) is 0 Å². The predicted octanol–water partition coefficient (Wildman–Crippen LogP) is 2.21. The molecule has 0 aromatic carbocycles. The maximum atomic E-state index is 5.62. The van der Waals surface area contributed by atoms with E-state index in [9.17, 15) is 0 Å². The molecule has 9 heavy (non-hydrogen) atoms. The molecule has 0 N–H and O–H groups in total. The maximum absolute atomic E-state index is 5.62. The molecule has 0 bridgehead atoms. The summed E-state index contributed by atoms with van der Waals surface area (Å²) in [4.78, 5) is 0. The van der Waals surface area contributed by atoms with Gasteiger partial charge in [-0.25, -0.2) is 0 Å². The van der Waals surface area contributed by atoms with E-state index < -0.39 is 0 Å². The standard InChI is InChI=1S/C8H16O/c1-4-8-6(2)5-7(3)9-8/h6-8H,4-5H2,1-3H3/t6-,7?,8+/m1/s1. The Morgan fingerprint density at radius 3 is 2.33 bits per heavy atom. The largest absolute Gasteiger partial charge is 0.375 e. The van der Waals surface area contributed by atoms with Gasteiger partial charge in [-0.15, -0.1) is 0 Å². The molecular weight excluding hydrogens is 112 g/mol. The first-order chi connectivity index (χ1) is 4.24. The molecule has 0 saturated carbocycles.